The van der Waals surface area contributed by atoms with Gasteiger partial charge in [0.25, 0.3) is 0 Å². The molecule has 1 aliphatic heterocycles. The first-order valence-electron chi connectivity index (χ1n) is 4.75. The molecule has 0 spiro atoms. The summed E-state index contributed by atoms with van der Waals surface area (Å²) in [5.41, 5.74) is 2.46. The minimum atomic E-state index is -0.0401. The molecule has 0 radical (unpaired) electrons. The van der Waals surface area contributed by atoms with Crippen molar-refractivity contribution < 1.29 is 9.63 Å². The van der Waals surface area contributed by atoms with Crippen molar-refractivity contribution >= 4 is 5.91 Å². The molecule has 0 saturated heterocycles. The fourth-order valence-corrected chi connectivity index (χ4v) is 1.62. The molecule has 0 unspecified atom stereocenters. The first-order valence-corrected chi connectivity index (χ1v) is 4.75. The van der Waals surface area contributed by atoms with E-state index in [1.165, 1.54) is 23.1 Å². The minimum Gasteiger partial charge on any atom is -0.273 e. The molecule has 1 amide bonds. The second-order valence-corrected chi connectivity index (χ2v) is 3.41. The Hall–Kier alpha value is -1.35. The number of nitrogens with zero attached hydrogens (tertiary/aromatic N) is 1. The van der Waals surface area contributed by atoms with Gasteiger partial charge in [0.2, 0.25) is 5.91 Å². The quantitative estimate of drug-likeness (QED) is 0.622. The highest BCUT2D eigenvalue weighted by atomic mass is 16.7. The van der Waals surface area contributed by atoms with E-state index in [1.54, 1.807) is 0 Å². The normalized spacial score (nSPS) is 15.9. The van der Waals surface area contributed by atoms with Gasteiger partial charge in [0.1, 0.15) is 0 Å². The summed E-state index contributed by atoms with van der Waals surface area (Å²) in [6, 6.07) is 8.13. The van der Waals surface area contributed by atoms with E-state index < -0.39 is 0 Å². The molecule has 0 bridgehead atoms. The first kappa shape index (κ1) is 9.21. The summed E-state index contributed by atoms with van der Waals surface area (Å²) >= 11 is 0. The number of carbonyl (C=O) groups is 1. The lowest BCUT2D eigenvalue weighted by Gasteiger charge is -2.17. The van der Waals surface area contributed by atoms with Gasteiger partial charge in [0, 0.05) is 6.92 Å². The lowest BCUT2D eigenvalue weighted by Crippen LogP contribution is -2.27. The van der Waals surface area contributed by atoms with Crippen LogP contribution in [0.15, 0.2) is 24.3 Å². The van der Waals surface area contributed by atoms with Crippen LogP contribution in [0.1, 0.15) is 18.1 Å². The molecule has 74 valence electrons. The number of rotatable bonds is 0. The van der Waals surface area contributed by atoms with Gasteiger partial charge in [-0.05, 0) is 17.5 Å². The van der Waals surface area contributed by atoms with Crippen LogP contribution in [0.2, 0.25) is 0 Å². The van der Waals surface area contributed by atoms with Gasteiger partial charge >= 0.3 is 0 Å². The third kappa shape index (κ3) is 1.77. The largest absolute Gasteiger partial charge is 0.273 e. The second kappa shape index (κ2) is 3.80. The Morgan fingerprint density at radius 2 is 2.07 bits per heavy atom. The maximum Gasteiger partial charge on any atom is 0.243 e. The highest BCUT2D eigenvalue weighted by Crippen LogP contribution is 2.16. The Balaban J connectivity index is 2.26. The number of amides is 1. The summed E-state index contributed by atoms with van der Waals surface area (Å²) in [7, 11) is 0. The molecule has 1 heterocycles. The molecule has 0 atom stereocenters. The Bertz CT molecular complexity index is 349. The second-order valence-electron chi connectivity index (χ2n) is 3.41. The third-order valence-corrected chi connectivity index (χ3v) is 2.40. The number of hydroxylamine groups is 2. The van der Waals surface area contributed by atoms with E-state index in [1.807, 2.05) is 18.2 Å². The van der Waals surface area contributed by atoms with E-state index >= 15 is 0 Å². The Labute approximate surface area is 83.2 Å². The standard InChI is InChI=1S/C11H13NO2/c1-9(13)12-8-11-5-3-2-4-10(11)6-7-14-12/h2-5H,6-8H2,1H3. The van der Waals surface area contributed by atoms with E-state index in [2.05, 4.69) is 6.07 Å². The maximum absolute atomic E-state index is 11.2. The molecule has 3 nitrogen and oxygen atoms in total. The summed E-state index contributed by atoms with van der Waals surface area (Å²) in [4.78, 5) is 16.5. The molecule has 0 fully saturated rings. The molecule has 3 heteroatoms. The predicted octanol–water partition coefficient (Wildman–Crippen LogP) is 1.52. The lowest BCUT2D eigenvalue weighted by molar-refractivity contribution is -0.185. The average Bonchev–Trinajstić information content (AvgIpc) is 2.39. The molecule has 0 aromatic heterocycles. The molecule has 14 heavy (non-hydrogen) atoms. The summed E-state index contributed by atoms with van der Waals surface area (Å²) < 4.78 is 0. The molecule has 1 aromatic carbocycles. The van der Waals surface area contributed by atoms with Crippen LogP contribution in [0.5, 0.6) is 0 Å². The van der Waals surface area contributed by atoms with E-state index in [-0.39, 0.29) is 5.91 Å². The molecule has 0 N–H and O–H groups in total. The Morgan fingerprint density at radius 1 is 1.36 bits per heavy atom. The summed E-state index contributed by atoms with van der Waals surface area (Å²) in [6.45, 7) is 2.66. The van der Waals surface area contributed by atoms with Gasteiger partial charge < -0.3 is 0 Å². The average molecular weight is 191 g/mol. The van der Waals surface area contributed by atoms with Crippen LogP contribution >= 0.6 is 0 Å². The van der Waals surface area contributed by atoms with Crippen LogP contribution < -0.4 is 0 Å². The van der Waals surface area contributed by atoms with Gasteiger partial charge in [-0.25, -0.2) is 5.06 Å². The van der Waals surface area contributed by atoms with Gasteiger partial charge in [-0.1, -0.05) is 24.3 Å². The SMILES string of the molecule is CC(=O)N1Cc2ccccc2CCO1. The van der Waals surface area contributed by atoms with E-state index in [0.29, 0.717) is 13.2 Å². The van der Waals surface area contributed by atoms with Gasteiger partial charge in [-0.2, -0.15) is 0 Å². The van der Waals surface area contributed by atoms with E-state index in [4.69, 9.17) is 4.84 Å². The molecular formula is C11H13NO2. The zero-order chi connectivity index (χ0) is 9.97. The molecule has 0 aliphatic carbocycles. The highest BCUT2D eigenvalue weighted by Gasteiger charge is 2.16. The monoisotopic (exact) mass is 191 g/mol. The molecule has 0 saturated carbocycles. The van der Waals surface area contributed by atoms with Crippen LogP contribution in [-0.2, 0) is 22.6 Å². The highest BCUT2D eigenvalue weighted by molar-refractivity contribution is 5.72. The number of hydrogen-bond donors (Lipinski definition) is 0. The van der Waals surface area contributed by atoms with E-state index in [9.17, 15) is 4.79 Å². The minimum absolute atomic E-state index is 0.0401. The van der Waals surface area contributed by atoms with Crippen LogP contribution in [0.3, 0.4) is 0 Å². The van der Waals surface area contributed by atoms with Crippen molar-refractivity contribution in [2.24, 2.45) is 0 Å². The van der Waals surface area contributed by atoms with Gasteiger partial charge in [-0.3, -0.25) is 9.63 Å². The lowest BCUT2D eigenvalue weighted by atomic mass is 10.1. The Kier molecular flexibility index (Phi) is 2.50. The third-order valence-electron chi connectivity index (χ3n) is 2.40. The summed E-state index contributed by atoms with van der Waals surface area (Å²) in [6.07, 6.45) is 0.875. The number of carbonyl (C=O) groups excluding carboxylic acids is 1. The van der Waals surface area contributed by atoms with Crippen LogP contribution in [0, 0.1) is 0 Å². The fourth-order valence-electron chi connectivity index (χ4n) is 1.62. The zero-order valence-electron chi connectivity index (χ0n) is 8.19. The maximum atomic E-state index is 11.2. The van der Waals surface area contributed by atoms with Crippen molar-refractivity contribution in [3.05, 3.63) is 35.4 Å². The number of benzene rings is 1. The van der Waals surface area contributed by atoms with Crippen molar-refractivity contribution in [2.75, 3.05) is 6.61 Å². The summed E-state index contributed by atoms with van der Waals surface area (Å²) in [5.74, 6) is -0.0401. The van der Waals surface area contributed by atoms with Crippen molar-refractivity contribution in [1.82, 2.24) is 5.06 Å². The van der Waals surface area contributed by atoms with Crippen LogP contribution in [0.25, 0.3) is 0 Å². The van der Waals surface area contributed by atoms with Crippen molar-refractivity contribution in [1.29, 1.82) is 0 Å². The molecule has 1 aliphatic rings. The first-order chi connectivity index (χ1) is 6.77. The molecule has 1 aromatic rings. The van der Waals surface area contributed by atoms with Crippen LogP contribution in [-0.4, -0.2) is 17.6 Å². The molecular weight excluding hydrogens is 178 g/mol. The van der Waals surface area contributed by atoms with Crippen molar-refractivity contribution in [3.63, 3.8) is 0 Å². The smallest absolute Gasteiger partial charge is 0.243 e. The summed E-state index contributed by atoms with van der Waals surface area (Å²) in [5, 5.41) is 1.42. The van der Waals surface area contributed by atoms with Gasteiger partial charge in [0.05, 0.1) is 13.2 Å². The van der Waals surface area contributed by atoms with Crippen molar-refractivity contribution in [3.8, 4) is 0 Å². The topological polar surface area (TPSA) is 29.5 Å². The molecule has 2 rings (SSSR count). The fraction of sp³-hybridized carbons (Fsp3) is 0.364. The van der Waals surface area contributed by atoms with E-state index in [0.717, 1.165) is 6.42 Å². The predicted molar refractivity (Wildman–Crippen MR) is 52.3 cm³/mol. The number of fused-ring (bicyclic) bond motifs is 1. The van der Waals surface area contributed by atoms with Crippen molar-refractivity contribution in [2.45, 2.75) is 19.9 Å². The number of hydrogen-bond acceptors (Lipinski definition) is 2. The van der Waals surface area contributed by atoms with Gasteiger partial charge in [-0.15, -0.1) is 0 Å². The van der Waals surface area contributed by atoms with Gasteiger partial charge in [0.15, 0.2) is 0 Å². The van der Waals surface area contributed by atoms with Crippen LogP contribution in [0.4, 0.5) is 0 Å². The Morgan fingerprint density at radius 3 is 2.79 bits per heavy atom. The zero-order valence-corrected chi connectivity index (χ0v) is 8.19.